The molecule has 0 bridgehead atoms. The number of phosphoric acid groups is 1. The monoisotopic (exact) mass is 218 g/mol. The summed E-state index contributed by atoms with van der Waals surface area (Å²) in [6.07, 6.45) is -1.78. The van der Waals surface area contributed by atoms with E-state index in [-0.39, 0.29) is 0 Å². The molecular weight excluding hydrogens is 203 g/mol. The number of hydrogen-bond donors (Lipinski definition) is 5. The standard InChI is InChI=1S/C5H13O7P/c1-5(8,3-6)4(7)2-12-13(9,10)11/h4,6-8H,2-3H2,1H3,(H2,9,10,11)/t4-,5+/m1/s1/i3T/t3-,4-,5+. The van der Waals surface area contributed by atoms with E-state index < -0.39 is 32.7 Å². The van der Waals surface area contributed by atoms with Crippen molar-refractivity contribution in [1.29, 1.82) is 0 Å². The van der Waals surface area contributed by atoms with Crippen molar-refractivity contribution in [2.45, 2.75) is 18.6 Å². The summed E-state index contributed by atoms with van der Waals surface area (Å²) < 4.78 is 20.8. The highest BCUT2D eigenvalue weighted by molar-refractivity contribution is 7.46. The fourth-order valence-electron chi connectivity index (χ4n) is 0.422. The Bertz CT molecular complexity index is 224. The van der Waals surface area contributed by atoms with Crippen molar-refractivity contribution in [2.75, 3.05) is 13.2 Å². The zero-order valence-electron chi connectivity index (χ0n) is 7.86. The van der Waals surface area contributed by atoms with Gasteiger partial charge in [0.1, 0.15) is 11.7 Å². The van der Waals surface area contributed by atoms with Gasteiger partial charge in [-0.3, -0.25) is 4.52 Å². The first-order valence-corrected chi connectivity index (χ1v) is 4.81. The fraction of sp³-hybridized carbons (Fsp3) is 1.00. The first-order valence-electron chi connectivity index (χ1n) is 3.86. The summed E-state index contributed by atoms with van der Waals surface area (Å²) in [5.41, 5.74) is -2.21. The molecule has 0 aromatic heterocycles. The van der Waals surface area contributed by atoms with Crippen LogP contribution in [0.2, 0.25) is 0 Å². The molecule has 0 saturated carbocycles. The van der Waals surface area contributed by atoms with E-state index in [1.807, 2.05) is 0 Å². The van der Waals surface area contributed by atoms with Gasteiger partial charge in [0.05, 0.1) is 14.6 Å². The summed E-state index contributed by atoms with van der Waals surface area (Å²) in [7, 11) is -4.73. The SMILES string of the molecule is [3H][C@@H](O)[C@](C)(O)[C@H](O)COP(=O)(O)O. The molecule has 7 nitrogen and oxygen atoms in total. The smallest absolute Gasteiger partial charge is 0.393 e. The van der Waals surface area contributed by atoms with Crippen LogP contribution in [0.25, 0.3) is 0 Å². The molecule has 0 heterocycles. The molecule has 8 heteroatoms. The summed E-state index contributed by atoms with van der Waals surface area (Å²) in [4.78, 5) is 16.5. The highest BCUT2D eigenvalue weighted by Crippen LogP contribution is 2.36. The van der Waals surface area contributed by atoms with Crippen molar-refractivity contribution in [3.05, 3.63) is 0 Å². The second-order valence-electron chi connectivity index (χ2n) is 2.66. The summed E-state index contributed by atoms with van der Waals surface area (Å²) in [6.45, 7) is -1.94. The van der Waals surface area contributed by atoms with E-state index in [0.29, 0.717) is 0 Å². The normalized spacial score (nSPS) is 23.1. The summed E-state index contributed by atoms with van der Waals surface area (Å²) in [5, 5.41) is 27.0. The van der Waals surface area contributed by atoms with Gasteiger partial charge in [0, 0.05) is 0 Å². The Morgan fingerprint density at radius 1 is 1.69 bits per heavy atom. The van der Waals surface area contributed by atoms with Gasteiger partial charge in [0.15, 0.2) is 0 Å². The molecule has 0 rings (SSSR count). The molecule has 0 aliphatic rings. The minimum Gasteiger partial charge on any atom is -0.393 e. The largest absolute Gasteiger partial charge is 0.469 e. The molecular formula is C5H13O7P. The Hall–Kier alpha value is -0.0100. The van der Waals surface area contributed by atoms with Crippen molar-refractivity contribution in [3.63, 3.8) is 0 Å². The Kier molecular flexibility index (Phi) is 3.81. The fourth-order valence-corrected chi connectivity index (χ4v) is 0.758. The number of hydrogen-bond acceptors (Lipinski definition) is 5. The van der Waals surface area contributed by atoms with Crippen molar-refractivity contribution in [1.82, 2.24) is 0 Å². The van der Waals surface area contributed by atoms with Crippen molar-refractivity contribution < 1.29 is 35.6 Å². The van der Waals surface area contributed by atoms with E-state index in [4.69, 9.17) is 21.4 Å². The van der Waals surface area contributed by atoms with E-state index in [1.165, 1.54) is 0 Å². The molecule has 0 unspecified atom stereocenters. The maximum atomic E-state index is 10.2. The van der Waals surface area contributed by atoms with Crippen molar-refractivity contribution in [3.8, 4) is 0 Å². The molecule has 80 valence electrons. The molecule has 0 aromatic rings. The summed E-state index contributed by atoms with van der Waals surface area (Å²) >= 11 is 0. The molecule has 5 N–H and O–H groups in total. The van der Waals surface area contributed by atoms with Crippen molar-refractivity contribution in [2.24, 2.45) is 0 Å². The van der Waals surface area contributed by atoms with Gasteiger partial charge >= 0.3 is 7.82 Å². The van der Waals surface area contributed by atoms with Crippen LogP contribution in [0.5, 0.6) is 0 Å². The third kappa shape index (κ3) is 5.33. The topological polar surface area (TPSA) is 127 Å². The lowest BCUT2D eigenvalue weighted by Crippen LogP contribution is -2.45. The van der Waals surface area contributed by atoms with E-state index in [1.54, 1.807) is 0 Å². The highest BCUT2D eigenvalue weighted by atomic mass is 31.2. The number of aliphatic hydroxyl groups is 3. The zero-order chi connectivity index (χ0) is 11.6. The van der Waals surface area contributed by atoms with Crippen LogP contribution in [0.15, 0.2) is 0 Å². The van der Waals surface area contributed by atoms with Crippen LogP contribution in [0.3, 0.4) is 0 Å². The molecule has 13 heavy (non-hydrogen) atoms. The van der Waals surface area contributed by atoms with Crippen LogP contribution >= 0.6 is 7.82 Å². The van der Waals surface area contributed by atoms with Gasteiger partial charge < -0.3 is 25.1 Å². The number of aliphatic hydroxyl groups excluding tert-OH is 2. The Balaban J connectivity index is 4.22. The van der Waals surface area contributed by atoms with Gasteiger partial charge in [-0.05, 0) is 6.92 Å². The van der Waals surface area contributed by atoms with Crippen LogP contribution in [0.1, 0.15) is 8.29 Å². The molecule has 0 saturated heterocycles. The van der Waals surface area contributed by atoms with Crippen LogP contribution in [-0.4, -0.2) is 50.0 Å². The van der Waals surface area contributed by atoms with Gasteiger partial charge in [0.25, 0.3) is 0 Å². The second-order valence-corrected chi connectivity index (χ2v) is 3.90. The average molecular weight is 218 g/mol. The minimum atomic E-state index is -4.73. The molecule has 0 aromatic carbocycles. The van der Waals surface area contributed by atoms with E-state index in [9.17, 15) is 9.67 Å². The van der Waals surface area contributed by atoms with Crippen LogP contribution in [0, 0.1) is 0 Å². The number of phosphoric ester groups is 1. The molecule has 0 aliphatic heterocycles. The third-order valence-electron chi connectivity index (χ3n) is 1.34. The van der Waals surface area contributed by atoms with Crippen LogP contribution in [0.4, 0.5) is 0 Å². The first kappa shape index (κ1) is 11.1. The highest BCUT2D eigenvalue weighted by Gasteiger charge is 2.31. The molecule has 0 fully saturated rings. The lowest BCUT2D eigenvalue weighted by molar-refractivity contribution is -0.107. The minimum absolute atomic E-state index is 0.882. The maximum Gasteiger partial charge on any atom is 0.469 e. The van der Waals surface area contributed by atoms with E-state index in [2.05, 4.69) is 4.52 Å². The van der Waals surface area contributed by atoms with Gasteiger partial charge in [-0.1, -0.05) is 0 Å². The summed E-state index contributed by atoms with van der Waals surface area (Å²) in [6, 6.07) is 0. The summed E-state index contributed by atoms with van der Waals surface area (Å²) in [5.74, 6) is 0. The van der Waals surface area contributed by atoms with Gasteiger partial charge in [0.2, 0.25) is 0 Å². The molecule has 0 radical (unpaired) electrons. The first-order chi connectivity index (χ1) is 6.07. The van der Waals surface area contributed by atoms with Gasteiger partial charge in [-0.15, -0.1) is 0 Å². The van der Waals surface area contributed by atoms with Crippen LogP contribution < -0.4 is 0 Å². The van der Waals surface area contributed by atoms with Gasteiger partial charge in [-0.25, -0.2) is 4.57 Å². The maximum absolute atomic E-state index is 10.2. The lowest BCUT2D eigenvalue weighted by atomic mass is 10.0. The second kappa shape index (κ2) is 4.47. The number of rotatable bonds is 5. The van der Waals surface area contributed by atoms with Gasteiger partial charge in [-0.2, -0.15) is 0 Å². The van der Waals surface area contributed by atoms with Crippen LogP contribution in [-0.2, 0) is 9.09 Å². The Labute approximate surface area is 76.2 Å². The Morgan fingerprint density at radius 2 is 2.15 bits per heavy atom. The molecule has 0 amide bonds. The lowest BCUT2D eigenvalue weighted by Gasteiger charge is -2.26. The predicted molar refractivity (Wildman–Crippen MR) is 41.7 cm³/mol. The van der Waals surface area contributed by atoms with E-state index >= 15 is 0 Å². The van der Waals surface area contributed by atoms with Crippen molar-refractivity contribution >= 4 is 7.82 Å². The molecule has 0 spiro atoms. The third-order valence-corrected chi connectivity index (χ3v) is 1.82. The predicted octanol–water partition coefficient (Wildman–Crippen LogP) is -1.80. The molecule has 3 atom stereocenters. The molecule has 0 aliphatic carbocycles. The average Bonchev–Trinajstić information content (AvgIpc) is 1.98. The Morgan fingerprint density at radius 3 is 2.46 bits per heavy atom. The van der Waals surface area contributed by atoms with E-state index in [0.717, 1.165) is 6.92 Å². The quantitative estimate of drug-likeness (QED) is 0.344. The zero-order valence-corrected chi connectivity index (χ0v) is 7.76.